The Bertz CT molecular complexity index is 513. The summed E-state index contributed by atoms with van der Waals surface area (Å²) in [6, 6.07) is 6.19. The van der Waals surface area contributed by atoms with Crippen LogP contribution in [0.3, 0.4) is 0 Å². The number of aliphatic hydroxyl groups is 1. The standard InChI is InChI=1S/C15H19NO5/c1-2-21-12-5-3-10(4-6-12)7-14(18)16-9-11(17)8-13(16)15(19)20/h3-6,11,13,17H,2,7-9H2,1H3,(H,19,20)/t11-,13-/m1/s1. The van der Waals surface area contributed by atoms with Crippen LogP contribution in [0.25, 0.3) is 0 Å². The maximum atomic E-state index is 12.2. The van der Waals surface area contributed by atoms with E-state index in [-0.39, 0.29) is 25.3 Å². The Morgan fingerprint density at radius 1 is 1.33 bits per heavy atom. The lowest BCUT2D eigenvalue weighted by atomic mass is 10.1. The van der Waals surface area contributed by atoms with Crippen LogP contribution in [0.15, 0.2) is 24.3 Å². The number of carbonyl (C=O) groups excluding carboxylic acids is 1. The summed E-state index contributed by atoms with van der Waals surface area (Å²) in [4.78, 5) is 24.6. The van der Waals surface area contributed by atoms with Gasteiger partial charge in [0.1, 0.15) is 11.8 Å². The molecule has 0 spiro atoms. The fourth-order valence-electron chi connectivity index (χ4n) is 2.47. The molecule has 1 aromatic rings. The van der Waals surface area contributed by atoms with Gasteiger partial charge in [-0.05, 0) is 24.6 Å². The summed E-state index contributed by atoms with van der Waals surface area (Å²) in [7, 11) is 0. The Balaban J connectivity index is 2.01. The number of rotatable bonds is 5. The van der Waals surface area contributed by atoms with E-state index in [2.05, 4.69) is 0 Å². The molecular weight excluding hydrogens is 274 g/mol. The number of benzene rings is 1. The molecule has 1 fully saturated rings. The highest BCUT2D eigenvalue weighted by atomic mass is 16.5. The van der Waals surface area contributed by atoms with Gasteiger partial charge in [0.25, 0.3) is 0 Å². The molecule has 0 saturated carbocycles. The highest BCUT2D eigenvalue weighted by Gasteiger charge is 2.38. The molecule has 6 heteroatoms. The van der Waals surface area contributed by atoms with E-state index in [0.717, 1.165) is 11.3 Å². The number of hydrogen-bond donors (Lipinski definition) is 2. The number of amides is 1. The summed E-state index contributed by atoms with van der Waals surface area (Å²) in [5, 5.41) is 18.6. The van der Waals surface area contributed by atoms with Crippen LogP contribution in [0, 0.1) is 0 Å². The Labute approximate surface area is 122 Å². The van der Waals surface area contributed by atoms with Crippen LogP contribution in [0.5, 0.6) is 5.75 Å². The van der Waals surface area contributed by atoms with Gasteiger partial charge in [-0.2, -0.15) is 0 Å². The van der Waals surface area contributed by atoms with E-state index in [1.807, 2.05) is 6.92 Å². The van der Waals surface area contributed by atoms with Crippen LogP contribution in [-0.2, 0) is 16.0 Å². The van der Waals surface area contributed by atoms with Crippen molar-refractivity contribution in [1.29, 1.82) is 0 Å². The number of aliphatic hydroxyl groups excluding tert-OH is 1. The quantitative estimate of drug-likeness (QED) is 0.833. The van der Waals surface area contributed by atoms with Crippen molar-refractivity contribution in [3.05, 3.63) is 29.8 Å². The Morgan fingerprint density at radius 2 is 2.00 bits per heavy atom. The van der Waals surface area contributed by atoms with Gasteiger partial charge in [0.15, 0.2) is 0 Å². The first kappa shape index (κ1) is 15.3. The minimum Gasteiger partial charge on any atom is -0.494 e. The molecule has 2 N–H and O–H groups in total. The highest BCUT2D eigenvalue weighted by Crippen LogP contribution is 2.20. The van der Waals surface area contributed by atoms with Crippen molar-refractivity contribution in [1.82, 2.24) is 4.90 Å². The Morgan fingerprint density at radius 3 is 2.57 bits per heavy atom. The van der Waals surface area contributed by atoms with Gasteiger partial charge in [0.2, 0.25) is 5.91 Å². The van der Waals surface area contributed by atoms with Gasteiger partial charge < -0.3 is 19.8 Å². The van der Waals surface area contributed by atoms with E-state index >= 15 is 0 Å². The SMILES string of the molecule is CCOc1ccc(CC(=O)N2C[C@H](O)C[C@@H]2C(=O)O)cc1. The maximum absolute atomic E-state index is 12.2. The molecule has 0 aromatic heterocycles. The highest BCUT2D eigenvalue weighted by molar-refractivity contribution is 5.85. The minimum atomic E-state index is -1.08. The van der Waals surface area contributed by atoms with E-state index in [1.165, 1.54) is 4.90 Å². The summed E-state index contributed by atoms with van der Waals surface area (Å²) in [6.45, 7) is 2.54. The molecule has 2 atom stereocenters. The van der Waals surface area contributed by atoms with Gasteiger partial charge in [-0.15, -0.1) is 0 Å². The molecule has 114 valence electrons. The maximum Gasteiger partial charge on any atom is 0.326 e. The summed E-state index contributed by atoms with van der Waals surface area (Å²) < 4.78 is 5.32. The van der Waals surface area contributed by atoms with Crippen LogP contribution in [0.1, 0.15) is 18.9 Å². The fraction of sp³-hybridized carbons (Fsp3) is 0.467. The molecule has 1 aromatic carbocycles. The number of aliphatic carboxylic acids is 1. The van der Waals surface area contributed by atoms with E-state index < -0.39 is 18.1 Å². The van der Waals surface area contributed by atoms with Crippen molar-refractivity contribution in [2.45, 2.75) is 31.9 Å². The fourth-order valence-corrected chi connectivity index (χ4v) is 2.47. The third-order valence-electron chi connectivity index (χ3n) is 3.47. The van der Waals surface area contributed by atoms with Crippen molar-refractivity contribution in [3.8, 4) is 5.75 Å². The number of carboxylic acid groups (broad SMARTS) is 1. The molecule has 2 rings (SSSR count). The number of hydrogen-bond acceptors (Lipinski definition) is 4. The first-order chi connectivity index (χ1) is 10.0. The van der Waals surface area contributed by atoms with Crippen molar-refractivity contribution >= 4 is 11.9 Å². The molecule has 1 saturated heterocycles. The van der Waals surface area contributed by atoms with E-state index in [1.54, 1.807) is 24.3 Å². The van der Waals surface area contributed by atoms with Crippen LogP contribution in [-0.4, -0.2) is 52.3 Å². The number of carbonyl (C=O) groups is 2. The van der Waals surface area contributed by atoms with E-state index in [4.69, 9.17) is 9.84 Å². The summed E-state index contributed by atoms with van der Waals surface area (Å²) in [5.41, 5.74) is 0.786. The predicted octanol–water partition coefficient (Wildman–Crippen LogP) is 0.674. The number of likely N-dealkylation sites (tertiary alicyclic amines) is 1. The van der Waals surface area contributed by atoms with Gasteiger partial charge in [-0.25, -0.2) is 4.79 Å². The van der Waals surface area contributed by atoms with Gasteiger partial charge >= 0.3 is 5.97 Å². The van der Waals surface area contributed by atoms with E-state index in [9.17, 15) is 14.7 Å². The Hall–Kier alpha value is -2.08. The average Bonchev–Trinajstić information content (AvgIpc) is 2.84. The Kier molecular flexibility index (Phi) is 4.80. The number of nitrogens with zero attached hydrogens (tertiary/aromatic N) is 1. The third kappa shape index (κ3) is 3.72. The summed E-state index contributed by atoms with van der Waals surface area (Å²) in [6.07, 6.45) is -0.567. The van der Waals surface area contributed by atoms with Crippen molar-refractivity contribution in [2.75, 3.05) is 13.2 Å². The van der Waals surface area contributed by atoms with Crippen LogP contribution >= 0.6 is 0 Å². The van der Waals surface area contributed by atoms with Gasteiger partial charge in [0.05, 0.1) is 19.1 Å². The molecule has 1 aliphatic rings. The summed E-state index contributed by atoms with van der Waals surface area (Å²) in [5.74, 6) is -0.636. The van der Waals surface area contributed by atoms with Gasteiger partial charge in [0, 0.05) is 13.0 Å². The van der Waals surface area contributed by atoms with Crippen LogP contribution in [0.2, 0.25) is 0 Å². The first-order valence-corrected chi connectivity index (χ1v) is 6.93. The van der Waals surface area contributed by atoms with Crippen molar-refractivity contribution in [2.24, 2.45) is 0 Å². The molecule has 1 amide bonds. The largest absolute Gasteiger partial charge is 0.494 e. The molecule has 0 radical (unpaired) electrons. The second kappa shape index (κ2) is 6.58. The predicted molar refractivity (Wildman–Crippen MR) is 75.1 cm³/mol. The van der Waals surface area contributed by atoms with Crippen LogP contribution in [0.4, 0.5) is 0 Å². The first-order valence-electron chi connectivity index (χ1n) is 6.93. The lowest BCUT2D eigenvalue weighted by Gasteiger charge is -2.21. The second-order valence-corrected chi connectivity index (χ2v) is 5.04. The lowest BCUT2D eigenvalue weighted by molar-refractivity contribution is -0.148. The van der Waals surface area contributed by atoms with Gasteiger partial charge in [-0.1, -0.05) is 12.1 Å². The molecule has 1 aliphatic heterocycles. The number of ether oxygens (including phenoxy) is 1. The minimum absolute atomic E-state index is 0.0762. The molecule has 1 heterocycles. The molecule has 21 heavy (non-hydrogen) atoms. The molecule has 0 bridgehead atoms. The third-order valence-corrected chi connectivity index (χ3v) is 3.47. The smallest absolute Gasteiger partial charge is 0.326 e. The van der Waals surface area contributed by atoms with Crippen LogP contribution < -0.4 is 4.74 Å². The molecule has 0 unspecified atom stereocenters. The second-order valence-electron chi connectivity index (χ2n) is 5.04. The lowest BCUT2D eigenvalue weighted by Crippen LogP contribution is -2.41. The average molecular weight is 293 g/mol. The zero-order chi connectivity index (χ0) is 15.4. The van der Waals surface area contributed by atoms with E-state index in [0.29, 0.717) is 6.61 Å². The van der Waals surface area contributed by atoms with Crippen molar-refractivity contribution in [3.63, 3.8) is 0 Å². The topological polar surface area (TPSA) is 87.1 Å². The molecule has 0 aliphatic carbocycles. The molecular formula is C15H19NO5. The normalized spacial score (nSPS) is 21.3. The number of carboxylic acids is 1. The summed E-state index contributed by atoms with van der Waals surface area (Å²) >= 11 is 0. The zero-order valence-corrected chi connectivity index (χ0v) is 11.9. The zero-order valence-electron chi connectivity index (χ0n) is 11.9. The van der Waals surface area contributed by atoms with Gasteiger partial charge in [-0.3, -0.25) is 4.79 Å². The number of β-amino-alcohol motifs (C(OH)–C–C–N with tert-alkyl or cyclic N) is 1. The van der Waals surface area contributed by atoms with Crippen molar-refractivity contribution < 1.29 is 24.5 Å². The monoisotopic (exact) mass is 293 g/mol. The molecule has 6 nitrogen and oxygen atoms in total.